The average Bonchev–Trinajstić information content (AvgIpc) is 3.05. The average molecular weight is 511 g/mol. The van der Waals surface area contributed by atoms with Crippen molar-refractivity contribution in [2.45, 2.75) is 51.2 Å². The summed E-state index contributed by atoms with van der Waals surface area (Å²) in [5, 5.41) is 21.2. The van der Waals surface area contributed by atoms with Gasteiger partial charge in [0.05, 0.1) is 29.1 Å². The molecule has 34 heavy (non-hydrogen) atoms. The summed E-state index contributed by atoms with van der Waals surface area (Å²) in [6.45, 7) is 8.38. The molecule has 0 unspecified atom stereocenters. The molecule has 0 spiro atoms. The van der Waals surface area contributed by atoms with E-state index in [4.69, 9.17) is 4.74 Å². The second-order valence-electron chi connectivity index (χ2n) is 8.02. The quantitative estimate of drug-likeness (QED) is 0.407. The monoisotopic (exact) mass is 510 g/mol. The number of thiophene rings is 1. The summed E-state index contributed by atoms with van der Waals surface area (Å²) in [5.41, 5.74) is -1.93. The van der Waals surface area contributed by atoms with E-state index in [1.54, 1.807) is 40.7 Å². The third kappa shape index (κ3) is 6.07. The van der Waals surface area contributed by atoms with Crippen molar-refractivity contribution < 1.29 is 27.5 Å². The van der Waals surface area contributed by atoms with Crippen LogP contribution in [0.3, 0.4) is 0 Å². The van der Waals surface area contributed by atoms with Crippen LogP contribution < -0.4 is 5.32 Å². The van der Waals surface area contributed by atoms with Crippen molar-refractivity contribution in [1.29, 1.82) is 10.5 Å². The molecule has 2 rings (SSSR count). The molecule has 2 heterocycles. The van der Waals surface area contributed by atoms with Gasteiger partial charge in [-0.25, -0.2) is 9.78 Å². The van der Waals surface area contributed by atoms with Gasteiger partial charge in [-0.1, -0.05) is 32.5 Å². The summed E-state index contributed by atoms with van der Waals surface area (Å²) < 4.78 is 45.7. The second-order valence-corrected chi connectivity index (χ2v) is 10.0. The number of hydrogen-bond donors (Lipinski definition) is 1. The zero-order valence-corrected chi connectivity index (χ0v) is 20.6. The first kappa shape index (κ1) is 27.2. The third-order valence-electron chi connectivity index (χ3n) is 4.48. The fraction of sp³-hybridized carbons (Fsp3) is 0.409. The number of nitrogens with one attached hydrogen (secondary N) is 1. The molecule has 7 nitrogen and oxygen atoms in total. The normalized spacial score (nSPS) is 11.5. The number of ether oxygens (including phenoxy) is 1. The number of hydrogen-bond acceptors (Lipinski definition) is 8. The first-order valence-electron chi connectivity index (χ1n) is 9.90. The molecule has 2 aromatic rings. The van der Waals surface area contributed by atoms with Crippen molar-refractivity contribution >= 4 is 40.0 Å². The minimum Gasteiger partial charge on any atom is -0.462 e. The van der Waals surface area contributed by atoms with Crippen molar-refractivity contribution in [2.75, 3.05) is 17.7 Å². The Bertz CT molecular complexity index is 1200. The molecule has 0 bridgehead atoms. The fourth-order valence-electron chi connectivity index (χ4n) is 2.77. The molecular weight excluding hydrogens is 489 g/mol. The minimum atomic E-state index is -4.77. The van der Waals surface area contributed by atoms with Gasteiger partial charge in [0.25, 0.3) is 0 Å². The Morgan fingerprint density at radius 2 is 1.82 bits per heavy atom. The van der Waals surface area contributed by atoms with E-state index in [1.165, 1.54) is 0 Å². The van der Waals surface area contributed by atoms with Gasteiger partial charge in [0.15, 0.2) is 0 Å². The van der Waals surface area contributed by atoms with E-state index >= 15 is 0 Å². The number of rotatable bonds is 6. The first-order chi connectivity index (χ1) is 15.7. The van der Waals surface area contributed by atoms with Crippen LogP contribution in [0.15, 0.2) is 11.1 Å². The highest BCUT2D eigenvalue weighted by Crippen LogP contribution is 2.38. The predicted octanol–water partition coefficient (Wildman–Crippen LogP) is 5.42. The maximum Gasteiger partial charge on any atom is 0.417 e. The third-order valence-corrected chi connectivity index (χ3v) is 6.65. The highest BCUT2D eigenvalue weighted by molar-refractivity contribution is 8.00. The number of pyridine rings is 1. The minimum absolute atomic E-state index is 0.0938. The Morgan fingerprint density at radius 3 is 2.32 bits per heavy atom. The maximum absolute atomic E-state index is 13.6. The number of esters is 1. The highest BCUT2D eigenvalue weighted by Gasteiger charge is 2.37. The molecule has 1 amide bonds. The van der Waals surface area contributed by atoms with Gasteiger partial charge < -0.3 is 10.1 Å². The first-order valence-corrected chi connectivity index (χ1v) is 11.7. The lowest BCUT2D eigenvalue weighted by atomic mass is 9.90. The van der Waals surface area contributed by atoms with Gasteiger partial charge in [-0.3, -0.25) is 4.79 Å². The van der Waals surface area contributed by atoms with E-state index in [-0.39, 0.29) is 38.5 Å². The molecule has 0 radical (unpaired) electrons. The van der Waals surface area contributed by atoms with E-state index in [0.717, 1.165) is 17.4 Å². The molecule has 0 saturated heterocycles. The lowest BCUT2D eigenvalue weighted by Crippen LogP contribution is -2.19. The smallest absolute Gasteiger partial charge is 0.417 e. The summed E-state index contributed by atoms with van der Waals surface area (Å²) in [4.78, 5) is 29.0. The van der Waals surface area contributed by atoms with Crippen molar-refractivity contribution in [3.63, 3.8) is 0 Å². The van der Waals surface area contributed by atoms with Crippen molar-refractivity contribution in [3.8, 4) is 12.1 Å². The molecular formula is C22H21F3N4O3S2. The van der Waals surface area contributed by atoms with Gasteiger partial charge in [-0.2, -0.15) is 23.7 Å². The summed E-state index contributed by atoms with van der Waals surface area (Å²) in [6.07, 6.45) is -4.77. The molecule has 0 aliphatic heterocycles. The largest absolute Gasteiger partial charge is 0.462 e. The SMILES string of the molecule is CCOC(=O)c1sc(NC(=O)CSc2nc(C(C)(C)C)cc(C(F)(F)F)c2C#N)c(C#N)c1C. The summed E-state index contributed by atoms with van der Waals surface area (Å²) in [5.74, 6) is -1.64. The number of aromatic nitrogens is 1. The molecule has 0 aliphatic carbocycles. The van der Waals surface area contributed by atoms with Crippen LogP contribution in [0.1, 0.15) is 65.3 Å². The number of anilines is 1. The van der Waals surface area contributed by atoms with E-state index in [0.29, 0.717) is 17.3 Å². The van der Waals surface area contributed by atoms with Crippen LogP contribution >= 0.6 is 23.1 Å². The maximum atomic E-state index is 13.6. The van der Waals surface area contributed by atoms with E-state index in [9.17, 15) is 33.3 Å². The van der Waals surface area contributed by atoms with Gasteiger partial charge in [-0.15, -0.1) is 11.3 Å². The molecule has 2 aromatic heterocycles. The predicted molar refractivity (Wildman–Crippen MR) is 122 cm³/mol. The molecule has 0 saturated carbocycles. The number of alkyl halides is 3. The number of nitrogens with zero attached hydrogens (tertiary/aromatic N) is 3. The topological polar surface area (TPSA) is 116 Å². The molecule has 1 N–H and O–H groups in total. The number of thioether (sulfide) groups is 1. The Hall–Kier alpha value is -3.09. The Kier molecular flexibility index (Phi) is 8.35. The Morgan fingerprint density at radius 1 is 1.21 bits per heavy atom. The highest BCUT2D eigenvalue weighted by atomic mass is 32.2. The van der Waals surface area contributed by atoms with Crippen molar-refractivity contribution in [3.05, 3.63) is 38.9 Å². The van der Waals surface area contributed by atoms with Crippen LogP contribution in [-0.4, -0.2) is 29.2 Å². The van der Waals surface area contributed by atoms with Crippen LogP contribution in [0.4, 0.5) is 18.2 Å². The molecule has 0 atom stereocenters. The lowest BCUT2D eigenvalue weighted by Gasteiger charge is -2.21. The molecule has 0 fully saturated rings. The van der Waals surface area contributed by atoms with Gasteiger partial charge in [0.1, 0.15) is 27.0 Å². The van der Waals surface area contributed by atoms with Crippen LogP contribution in [0.2, 0.25) is 0 Å². The van der Waals surface area contributed by atoms with Crippen LogP contribution in [0, 0.1) is 29.6 Å². The zero-order valence-electron chi connectivity index (χ0n) is 19.0. The van der Waals surface area contributed by atoms with Crippen molar-refractivity contribution in [2.24, 2.45) is 0 Å². The Labute approximate surface area is 202 Å². The molecule has 12 heteroatoms. The van der Waals surface area contributed by atoms with E-state index in [2.05, 4.69) is 10.3 Å². The number of halogens is 3. The van der Waals surface area contributed by atoms with Crippen molar-refractivity contribution in [1.82, 2.24) is 4.98 Å². The lowest BCUT2D eigenvalue weighted by molar-refractivity contribution is -0.138. The van der Waals surface area contributed by atoms with E-state index in [1.807, 2.05) is 6.07 Å². The molecule has 180 valence electrons. The molecule has 0 aliphatic rings. The Balaban J connectivity index is 2.34. The van der Waals surface area contributed by atoms with Crippen LogP contribution in [-0.2, 0) is 21.1 Å². The summed E-state index contributed by atoms with van der Waals surface area (Å²) in [7, 11) is 0. The summed E-state index contributed by atoms with van der Waals surface area (Å²) >= 11 is 1.56. The zero-order chi connectivity index (χ0) is 25.8. The standard InChI is InChI=1S/C22H21F3N4O3S2/c1-6-32-20(31)17-11(2)12(8-26)19(34-17)29-16(30)10-33-18-13(9-27)14(22(23,24)25)7-15(28-18)21(3,4)5/h7H,6,10H2,1-5H3,(H,29,30). The second kappa shape index (κ2) is 10.5. The van der Waals surface area contributed by atoms with Gasteiger partial charge in [0, 0.05) is 11.1 Å². The van der Waals surface area contributed by atoms with Gasteiger partial charge >= 0.3 is 12.1 Å². The fourth-order valence-corrected chi connectivity index (χ4v) is 4.64. The van der Waals surface area contributed by atoms with Gasteiger partial charge in [-0.05, 0) is 25.5 Å². The summed E-state index contributed by atoms with van der Waals surface area (Å²) in [6, 6.07) is 4.33. The molecule has 0 aromatic carbocycles. The van der Waals surface area contributed by atoms with Crippen LogP contribution in [0.5, 0.6) is 0 Å². The van der Waals surface area contributed by atoms with E-state index < -0.39 is 34.6 Å². The van der Waals surface area contributed by atoms with Gasteiger partial charge in [0.2, 0.25) is 5.91 Å². The number of amides is 1. The van der Waals surface area contributed by atoms with Crippen LogP contribution in [0.25, 0.3) is 0 Å². The number of carbonyl (C=O) groups excluding carboxylic acids is 2. The number of carbonyl (C=O) groups is 2. The number of nitriles is 2.